The molecular formula is C21H28N2O3S. The maximum Gasteiger partial charge on any atom is 0.224 e. The second-order valence-corrected chi connectivity index (χ2v) is 8.75. The van der Waals surface area contributed by atoms with Gasteiger partial charge in [0.2, 0.25) is 15.9 Å². The van der Waals surface area contributed by atoms with Gasteiger partial charge in [-0.05, 0) is 30.9 Å². The number of nitrogens with one attached hydrogen (secondary N) is 1. The van der Waals surface area contributed by atoms with Crippen molar-refractivity contribution >= 4 is 15.9 Å². The molecule has 0 spiro atoms. The smallest absolute Gasteiger partial charge is 0.224 e. The summed E-state index contributed by atoms with van der Waals surface area (Å²) in [5, 5.41) is 2.82. The molecule has 0 aliphatic heterocycles. The molecule has 2 rings (SSSR count). The number of aryl methyl sites for hydroxylation is 2. The minimum absolute atomic E-state index is 0.0988. The highest BCUT2D eigenvalue weighted by Crippen LogP contribution is 2.06. The predicted octanol–water partition coefficient (Wildman–Crippen LogP) is 2.55. The lowest BCUT2D eigenvalue weighted by Crippen LogP contribution is -2.39. The van der Waals surface area contributed by atoms with Gasteiger partial charge in [0.1, 0.15) is 0 Å². The van der Waals surface area contributed by atoms with Gasteiger partial charge in [-0.3, -0.25) is 4.79 Å². The minimum atomic E-state index is -3.30. The van der Waals surface area contributed by atoms with Crippen LogP contribution in [-0.2, 0) is 27.7 Å². The number of carbonyl (C=O) groups is 1. The van der Waals surface area contributed by atoms with Crippen LogP contribution in [0.5, 0.6) is 0 Å². The Hall–Kier alpha value is -2.18. The first-order chi connectivity index (χ1) is 12.8. The summed E-state index contributed by atoms with van der Waals surface area (Å²) < 4.78 is 25.4. The Morgan fingerprint density at radius 1 is 1.00 bits per heavy atom. The third-order valence-corrected chi connectivity index (χ3v) is 5.62. The summed E-state index contributed by atoms with van der Waals surface area (Å²) in [6, 6.07) is 17.8. The molecule has 5 nitrogen and oxygen atoms in total. The molecule has 0 unspecified atom stereocenters. The third kappa shape index (κ3) is 7.93. The summed E-state index contributed by atoms with van der Waals surface area (Å²) in [7, 11) is -3.30. The van der Waals surface area contributed by atoms with Crippen molar-refractivity contribution in [2.24, 2.45) is 0 Å². The van der Waals surface area contributed by atoms with Crippen molar-refractivity contribution in [2.45, 2.75) is 26.2 Å². The molecule has 2 aromatic carbocycles. The Morgan fingerprint density at radius 2 is 1.70 bits per heavy atom. The number of hydrogen-bond donors (Lipinski definition) is 1. The SMILES string of the molecule is Cc1cccc(CC(=O)NCCN(CCCc2ccccc2)S(C)(=O)=O)c1. The van der Waals surface area contributed by atoms with Crippen molar-refractivity contribution in [3.8, 4) is 0 Å². The molecule has 27 heavy (non-hydrogen) atoms. The van der Waals surface area contributed by atoms with Crippen LogP contribution in [0.4, 0.5) is 0 Å². The predicted molar refractivity (Wildman–Crippen MR) is 109 cm³/mol. The minimum Gasteiger partial charge on any atom is -0.354 e. The first-order valence-electron chi connectivity index (χ1n) is 9.16. The number of nitrogens with zero attached hydrogens (tertiary/aromatic N) is 1. The van der Waals surface area contributed by atoms with Crippen LogP contribution in [0.1, 0.15) is 23.1 Å². The molecule has 0 fully saturated rings. The van der Waals surface area contributed by atoms with Crippen LogP contribution in [0, 0.1) is 6.92 Å². The molecule has 0 saturated heterocycles. The Kier molecular flexibility index (Phi) is 8.00. The third-order valence-electron chi connectivity index (χ3n) is 4.32. The van der Waals surface area contributed by atoms with Crippen molar-refractivity contribution in [3.05, 3.63) is 71.3 Å². The number of hydrogen-bond acceptors (Lipinski definition) is 3. The van der Waals surface area contributed by atoms with E-state index in [1.807, 2.05) is 61.5 Å². The fraction of sp³-hybridized carbons (Fsp3) is 0.381. The van der Waals surface area contributed by atoms with Crippen LogP contribution in [-0.4, -0.2) is 44.5 Å². The van der Waals surface area contributed by atoms with E-state index in [2.05, 4.69) is 5.32 Å². The zero-order valence-electron chi connectivity index (χ0n) is 16.0. The lowest BCUT2D eigenvalue weighted by Gasteiger charge is -2.20. The van der Waals surface area contributed by atoms with E-state index in [1.165, 1.54) is 16.1 Å². The molecule has 0 atom stereocenters. The molecule has 2 aromatic rings. The van der Waals surface area contributed by atoms with Crippen LogP contribution < -0.4 is 5.32 Å². The summed E-state index contributed by atoms with van der Waals surface area (Å²) >= 11 is 0. The zero-order valence-corrected chi connectivity index (χ0v) is 16.8. The van der Waals surface area contributed by atoms with Crippen molar-refractivity contribution < 1.29 is 13.2 Å². The quantitative estimate of drug-likeness (QED) is 0.680. The molecule has 0 saturated carbocycles. The lowest BCUT2D eigenvalue weighted by atomic mass is 10.1. The first kappa shape index (κ1) is 21.1. The highest BCUT2D eigenvalue weighted by Gasteiger charge is 2.16. The second kappa shape index (κ2) is 10.2. The van der Waals surface area contributed by atoms with Crippen LogP contribution in [0.15, 0.2) is 54.6 Å². The summed E-state index contributed by atoms with van der Waals surface area (Å²) in [5.74, 6) is -0.0988. The molecule has 0 aromatic heterocycles. The molecule has 146 valence electrons. The fourth-order valence-electron chi connectivity index (χ4n) is 2.94. The Labute approximate surface area is 162 Å². The van der Waals surface area contributed by atoms with Gasteiger partial charge in [0.05, 0.1) is 12.7 Å². The van der Waals surface area contributed by atoms with Crippen molar-refractivity contribution in [3.63, 3.8) is 0 Å². The van der Waals surface area contributed by atoms with E-state index in [9.17, 15) is 13.2 Å². The number of sulfonamides is 1. The van der Waals surface area contributed by atoms with E-state index in [1.54, 1.807) is 0 Å². The van der Waals surface area contributed by atoms with Gasteiger partial charge < -0.3 is 5.32 Å². The summed E-state index contributed by atoms with van der Waals surface area (Å²) in [5.41, 5.74) is 3.26. The Bertz CT molecular complexity index is 836. The normalized spacial score (nSPS) is 11.5. The van der Waals surface area contributed by atoms with Gasteiger partial charge >= 0.3 is 0 Å². The maximum atomic E-state index is 12.1. The van der Waals surface area contributed by atoms with E-state index < -0.39 is 10.0 Å². The molecule has 0 bridgehead atoms. The van der Waals surface area contributed by atoms with E-state index in [0.717, 1.165) is 24.0 Å². The Balaban J connectivity index is 1.77. The maximum absolute atomic E-state index is 12.1. The molecule has 0 heterocycles. The van der Waals surface area contributed by atoms with Crippen LogP contribution >= 0.6 is 0 Å². The average Bonchev–Trinajstić information content (AvgIpc) is 2.60. The highest BCUT2D eigenvalue weighted by molar-refractivity contribution is 7.88. The molecule has 0 radical (unpaired) electrons. The molecule has 0 aliphatic carbocycles. The number of amides is 1. The first-order valence-corrected chi connectivity index (χ1v) is 11.0. The number of benzene rings is 2. The van der Waals surface area contributed by atoms with Crippen molar-refractivity contribution in [1.82, 2.24) is 9.62 Å². The summed E-state index contributed by atoms with van der Waals surface area (Å²) in [6.45, 7) is 3.03. The summed E-state index contributed by atoms with van der Waals surface area (Å²) in [4.78, 5) is 12.1. The van der Waals surface area contributed by atoms with Gasteiger partial charge in [0, 0.05) is 19.6 Å². The van der Waals surface area contributed by atoms with Gasteiger partial charge in [0.15, 0.2) is 0 Å². The highest BCUT2D eigenvalue weighted by atomic mass is 32.2. The second-order valence-electron chi connectivity index (χ2n) is 6.77. The van der Waals surface area contributed by atoms with Crippen molar-refractivity contribution in [2.75, 3.05) is 25.9 Å². The molecule has 1 amide bonds. The topological polar surface area (TPSA) is 66.5 Å². The fourth-order valence-corrected chi connectivity index (χ4v) is 3.82. The van der Waals surface area contributed by atoms with E-state index >= 15 is 0 Å². The van der Waals surface area contributed by atoms with Gasteiger partial charge in [-0.2, -0.15) is 0 Å². The van der Waals surface area contributed by atoms with Gasteiger partial charge in [-0.25, -0.2) is 12.7 Å². The standard InChI is InChI=1S/C21H28N2O3S/c1-18-8-6-11-20(16-18)17-21(24)22-13-15-23(27(2,25)26)14-7-12-19-9-4-3-5-10-19/h3-6,8-11,16H,7,12-15,17H2,1-2H3,(H,22,24). The van der Waals surface area contributed by atoms with Gasteiger partial charge in [-0.15, -0.1) is 0 Å². The van der Waals surface area contributed by atoms with E-state index in [4.69, 9.17) is 0 Å². The largest absolute Gasteiger partial charge is 0.354 e. The molecule has 6 heteroatoms. The van der Waals surface area contributed by atoms with E-state index in [0.29, 0.717) is 19.5 Å². The van der Waals surface area contributed by atoms with Gasteiger partial charge in [0.25, 0.3) is 0 Å². The summed E-state index contributed by atoms with van der Waals surface area (Å²) in [6.07, 6.45) is 3.08. The average molecular weight is 389 g/mol. The molecule has 1 N–H and O–H groups in total. The van der Waals surface area contributed by atoms with E-state index in [-0.39, 0.29) is 12.5 Å². The number of rotatable bonds is 10. The van der Waals surface area contributed by atoms with Crippen LogP contribution in [0.2, 0.25) is 0 Å². The Morgan fingerprint density at radius 3 is 2.37 bits per heavy atom. The van der Waals surface area contributed by atoms with Crippen molar-refractivity contribution in [1.29, 1.82) is 0 Å². The number of carbonyl (C=O) groups excluding carboxylic acids is 1. The van der Waals surface area contributed by atoms with Crippen LogP contribution in [0.3, 0.4) is 0 Å². The molecular weight excluding hydrogens is 360 g/mol. The van der Waals surface area contributed by atoms with Gasteiger partial charge in [-0.1, -0.05) is 60.2 Å². The molecule has 0 aliphatic rings. The lowest BCUT2D eigenvalue weighted by molar-refractivity contribution is -0.120. The zero-order chi connectivity index (χ0) is 19.7. The van der Waals surface area contributed by atoms with Crippen LogP contribution in [0.25, 0.3) is 0 Å². The monoisotopic (exact) mass is 388 g/mol.